The third-order valence-electron chi connectivity index (χ3n) is 2.68. The van der Waals surface area contributed by atoms with E-state index in [-0.39, 0.29) is 56.9 Å². The molecule has 1 aliphatic carbocycles. The average molecular weight is 254 g/mol. The van der Waals surface area contributed by atoms with Crippen LogP contribution in [0.5, 0.6) is 0 Å². The van der Waals surface area contributed by atoms with Gasteiger partial charge in [-0.1, -0.05) is 11.9 Å². The molecule has 0 unspecified atom stereocenters. The summed E-state index contributed by atoms with van der Waals surface area (Å²) >= 11 is 0. The van der Waals surface area contributed by atoms with Crippen LogP contribution < -0.4 is 57.1 Å². The Balaban J connectivity index is 0.00000128. The number of nitrogens with zero attached hydrogens (tertiary/aromatic N) is 1. The number of aromatic nitrogens is 1. The van der Waals surface area contributed by atoms with E-state index in [1.54, 1.807) is 6.07 Å². The summed E-state index contributed by atoms with van der Waals surface area (Å²) in [5.41, 5.74) is 6.21. The van der Waals surface area contributed by atoms with Gasteiger partial charge in [0, 0.05) is 17.9 Å². The summed E-state index contributed by atoms with van der Waals surface area (Å²) in [6, 6.07) is 1.60. The zero-order chi connectivity index (χ0) is 11.1. The van der Waals surface area contributed by atoms with Crippen LogP contribution in [0.15, 0.2) is 18.5 Å². The number of nitrogens with two attached hydrogens (primary N) is 1. The van der Waals surface area contributed by atoms with Gasteiger partial charge in [0.1, 0.15) is 0 Å². The van der Waals surface area contributed by atoms with Gasteiger partial charge in [-0.05, 0) is 24.5 Å². The van der Waals surface area contributed by atoms with Gasteiger partial charge < -0.3 is 18.7 Å². The van der Waals surface area contributed by atoms with E-state index in [4.69, 9.17) is 5.73 Å². The molecule has 0 aliphatic heterocycles. The van der Waals surface area contributed by atoms with E-state index in [0.29, 0.717) is 5.56 Å². The molecule has 0 amide bonds. The predicted octanol–water partition coefficient (Wildman–Crippen LogP) is -1.04. The quantitative estimate of drug-likeness (QED) is 0.700. The van der Waals surface area contributed by atoms with E-state index in [9.17, 15) is 12.9 Å². The number of hydrogen-bond donors (Lipinski definition) is 1. The van der Waals surface area contributed by atoms with Gasteiger partial charge in [0.2, 0.25) is 0 Å². The maximum Gasteiger partial charge on any atom is 1.00 e. The Morgan fingerprint density at radius 1 is 1.38 bits per heavy atom. The van der Waals surface area contributed by atoms with Gasteiger partial charge in [-0.3, -0.25) is 4.98 Å². The molecule has 2 N–H and O–H groups in total. The van der Waals surface area contributed by atoms with Gasteiger partial charge >= 0.3 is 58.4 Å². The Morgan fingerprint density at radius 3 is 2.50 bits per heavy atom. The molecule has 16 heavy (non-hydrogen) atoms. The predicted molar refractivity (Wildman–Crippen MR) is 52.1 cm³/mol. The van der Waals surface area contributed by atoms with Crippen molar-refractivity contribution in [3.8, 4) is 0 Å². The minimum absolute atomic E-state index is 0. The normalized spacial score (nSPS) is 17.8. The van der Waals surface area contributed by atoms with E-state index < -0.39 is 18.8 Å². The topological polar surface area (TPSA) is 38.9 Å². The maximum atomic E-state index is 12.3. The van der Waals surface area contributed by atoms with Crippen LogP contribution in [0.25, 0.3) is 0 Å². The second-order valence-electron chi connectivity index (χ2n) is 4.10. The number of halogens is 3. The first kappa shape index (κ1) is 14.7. The molecule has 0 saturated heterocycles. The zero-order valence-corrected chi connectivity index (χ0v) is 12.2. The van der Waals surface area contributed by atoms with Crippen molar-refractivity contribution in [2.45, 2.75) is 24.7 Å². The molecule has 2 rings (SSSR count). The molecule has 82 valence electrons. The number of hydrogen-bond acceptors (Lipinski definition) is 2. The largest absolute Gasteiger partial charge is 1.00 e. The second kappa shape index (κ2) is 5.07. The first-order valence-electron chi connectivity index (χ1n) is 4.84. The van der Waals surface area contributed by atoms with Gasteiger partial charge in [0.25, 0.3) is 0 Å². The summed E-state index contributed by atoms with van der Waals surface area (Å²) in [7, 11) is 0. The van der Waals surface area contributed by atoms with E-state index in [2.05, 4.69) is 4.98 Å². The Labute approximate surface area is 135 Å². The van der Waals surface area contributed by atoms with Gasteiger partial charge in [0.05, 0.1) is 0 Å². The summed E-state index contributed by atoms with van der Waals surface area (Å²) < 4.78 is 37.0. The van der Waals surface area contributed by atoms with Crippen molar-refractivity contribution in [3.63, 3.8) is 0 Å². The molecule has 1 fully saturated rings. The van der Waals surface area contributed by atoms with Crippen LogP contribution in [0.2, 0.25) is 0 Å². The van der Waals surface area contributed by atoms with Crippen LogP contribution in [0.3, 0.4) is 0 Å². The van der Waals surface area contributed by atoms with Crippen LogP contribution in [0.4, 0.5) is 12.9 Å². The van der Waals surface area contributed by atoms with Crippen molar-refractivity contribution in [1.29, 1.82) is 0 Å². The smallest absolute Gasteiger partial charge is 0.449 e. The van der Waals surface area contributed by atoms with Crippen molar-refractivity contribution in [3.05, 3.63) is 29.6 Å². The Bertz CT molecular complexity index is 379. The van der Waals surface area contributed by atoms with Gasteiger partial charge in [-0.25, -0.2) is 0 Å². The molecule has 1 aromatic heterocycles. The number of rotatable bonds is 3. The molecule has 0 atom stereocenters. The summed E-state index contributed by atoms with van der Waals surface area (Å²) in [6.07, 6.45) is 3.40. The Kier molecular flexibility index (Phi) is 4.65. The van der Waals surface area contributed by atoms with Crippen molar-refractivity contribution >= 4 is 6.98 Å². The Morgan fingerprint density at radius 2 is 2.00 bits per heavy atom. The molecule has 1 heterocycles. The summed E-state index contributed by atoms with van der Waals surface area (Å²) in [6.45, 7) is -4.82. The third-order valence-corrected chi connectivity index (χ3v) is 2.68. The molecular formula is C9H11BF3KN2. The minimum Gasteiger partial charge on any atom is -0.449 e. The van der Waals surface area contributed by atoms with E-state index >= 15 is 0 Å². The fraction of sp³-hybridized carbons (Fsp3) is 0.444. The first-order chi connectivity index (χ1) is 6.91. The van der Waals surface area contributed by atoms with Gasteiger partial charge in [0.15, 0.2) is 0 Å². The maximum absolute atomic E-state index is 12.3. The van der Waals surface area contributed by atoms with E-state index in [0.717, 1.165) is 12.8 Å². The van der Waals surface area contributed by atoms with Gasteiger partial charge in [-0.15, -0.1) is 0 Å². The molecular weight excluding hydrogens is 243 g/mol. The van der Waals surface area contributed by atoms with Gasteiger partial charge in [-0.2, -0.15) is 0 Å². The van der Waals surface area contributed by atoms with Crippen molar-refractivity contribution < 1.29 is 64.3 Å². The monoisotopic (exact) mass is 254 g/mol. The molecule has 0 radical (unpaired) electrons. The molecule has 0 spiro atoms. The first-order valence-corrected chi connectivity index (χ1v) is 4.84. The van der Waals surface area contributed by atoms with Crippen LogP contribution >= 0.6 is 0 Å². The minimum atomic E-state index is -4.82. The standard InChI is InChI=1S/C9H11BF3N2.K/c11-10(12,13)5-7-6-15-4-1-8(7)9(14)2-3-9;/h1,4,6H,2-3,5,14H2;/q-1;+1. The molecule has 2 nitrogen and oxygen atoms in total. The fourth-order valence-corrected chi connectivity index (χ4v) is 1.73. The molecule has 0 bridgehead atoms. The summed E-state index contributed by atoms with van der Waals surface area (Å²) in [5, 5.41) is 0. The van der Waals surface area contributed by atoms with E-state index in [1.165, 1.54) is 12.4 Å². The van der Waals surface area contributed by atoms with Crippen LogP contribution in [-0.2, 0) is 11.9 Å². The molecule has 1 aliphatic rings. The number of pyridine rings is 1. The molecule has 0 aromatic carbocycles. The third kappa shape index (κ3) is 3.55. The van der Waals surface area contributed by atoms with Crippen molar-refractivity contribution in [2.75, 3.05) is 0 Å². The molecule has 7 heteroatoms. The van der Waals surface area contributed by atoms with Crippen LogP contribution in [0, 0.1) is 0 Å². The SMILES string of the molecule is NC1(c2ccncc2C[B-](F)(F)F)CC1.[K+]. The Hall–Kier alpha value is 0.601. The van der Waals surface area contributed by atoms with Crippen molar-refractivity contribution in [1.82, 2.24) is 4.98 Å². The molecule has 1 saturated carbocycles. The van der Waals surface area contributed by atoms with E-state index in [1.807, 2.05) is 0 Å². The summed E-state index contributed by atoms with van der Waals surface area (Å²) in [4.78, 5) is 3.73. The van der Waals surface area contributed by atoms with Crippen LogP contribution in [-0.4, -0.2) is 12.0 Å². The molecule has 1 aromatic rings. The average Bonchev–Trinajstić information content (AvgIpc) is 2.83. The zero-order valence-electron chi connectivity index (χ0n) is 9.09. The second-order valence-corrected chi connectivity index (χ2v) is 4.10. The van der Waals surface area contributed by atoms with Crippen molar-refractivity contribution in [2.24, 2.45) is 5.73 Å². The van der Waals surface area contributed by atoms with Crippen LogP contribution in [0.1, 0.15) is 24.0 Å². The summed E-state index contributed by atoms with van der Waals surface area (Å²) in [5.74, 6) is 0. The fourth-order valence-electron chi connectivity index (χ4n) is 1.73.